The standard InChI is InChI=1S/C22H28N4O5S/c1-4-26(5-2)32(29,30)19-13-11-17(12-14-19)22(28)23-16-21(27)25-24-15-18-9-7-8-10-20(18)31-6-3/h7-15H,4-6,16H2,1-3H3,(H,23,28)(H,25,27)/b24-15+. The number of carbonyl (C=O) groups is 2. The molecule has 0 saturated heterocycles. The zero-order valence-corrected chi connectivity index (χ0v) is 19.2. The Hall–Kier alpha value is -3.24. The van der Waals surface area contributed by atoms with Crippen LogP contribution in [-0.4, -0.2) is 57.0 Å². The Kier molecular flexibility index (Phi) is 9.36. The predicted octanol–water partition coefficient (Wildman–Crippen LogP) is 2.00. The van der Waals surface area contributed by atoms with Crippen molar-refractivity contribution in [2.45, 2.75) is 25.7 Å². The van der Waals surface area contributed by atoms with E-state index < -0.39 is 21.8 Å². The Labute approximate surface area is 188 Å². The fraction of sp³-hybridized carbons (Fsp3) is 0.318. The maximum Gasteiger partial charge on any atom is 0.259 e. The Morgan fingerprint density at radius 2 is 1.69 bits per heavy atom. The number of hydrazone groups is 1. The molecule has 0 aliphatic rings. The van der Waals surface area contributed by atoms with Crippen LogP contribution in [0.5, 0.6) is 5.75 Å². The van der Waals surface area contributed by atoms with Crippen molar-refractivity contribution < 1.29 is 22.7 Å². The van der Waals surface area contributed by atoms with E-state index in [4.69, 9.17) is 4.74 Å². The van der Waals surface area contributed by atoms with E-state index in [2.05, 4.69) is 15.8 Å². The number of rotatable bonds is 11. The molecule has 0 fully saturated rings. The number of para-hydroxylation sites is 1. The summed E-state index contributed by atoms with van der Waals surface area (Å²) in [6.07, 6.45) is 1.46. The van der Waals surface area contributed by atoms with E-state index in [9.17, 15) is 18.0 Å². The van der Waals surface area contributed by atoms with Crippen molar-refractivity contribution in [2.24, 2.45) is 5.10 Å². The molecule has 2 rings (SSSR count). The van der Waals surface area contributed by atoms with Crippen LogP contribution >= 0.6 is 0 Å². The van der Waals surface area contributed by atoms with Gasteiger partial charge in [0.25, 0.3) is 11.8 Å². The molecule has 10 heteroatoms. The maximum absolute atomic E-state index is 12.5. The second-order valence-corrected chi connectivity index (χ2v) is 8.50. The lowest BCUT2D eigenvalue weighted by Crippen LogP contribution is -2.35. The van der Waals surface area contributed by atoms with Gasteiger partial charge in [-0.15, -0.1) is 0 Å². The average Bonchev–Trinajstić information content (AvgIpc) is 2.79. The van der Waals surface area contributed by atoms with Crippen LogP contribution in [0.4, 0.5) is 0 Å². The van der Waals surface area contributed by atoms with Gasteiger partial charge in [0.1, 0.15) is 5.75 Å². The third-order valence-corrected chi connectivity index (χ3v) is 6.55. The number of hydrogen-bond donors (Lipinski definition) is 2. The Bertz CT molecular complexity index is 1050. The molecule has 0 heterocycles. The molecule has 172 valence electrons. The van der Waals surface area contributed by atoms with Gasteiger partial charge in [0.15, 0.2) is 0 Å². The first-order valence-electron chi connectivity index (χ1n) is 10.3. The molecule has 0 bridgehead atoms. The van der Waals surface area contributed by atoms with E-state index in [1.165, 1.54) is 34.8 Å². The molecule has 2 aromatic carbocycles. The van der Waals surface area contributed by atoms with Gasteiger partial charge in [0.2, 0.25) is 10.0 Å². The highest BCUT2D eigenvalue weighted by Gasteiger charge is 2.21. The topological polar surface area (TPSA) is 117 Å². The number of sulfonamides is 1. The van der Waals surface area contributed by atoms with Crippen LogP contribution < -0.4 is 15.5 Å². The van der Waals surface area contributed by atoms with Crippen LogP contribution in [0, 0.1) is 0 Å². The van der Waals surface area contributed by atoms with Crippen LogP contribution in [0.15, 0.2) is 58.5 Å². The minimum absolute atomic E-state index is 0.108. The third-order valence-electron chi connectivity index (χ3n) is 4.48. The number of amides is 2. The quantitative estimate of drug-likeness (QED) is 0.393. The van der Waals surface area contributed by atoms with Crippen molar-refractivity contribution in [2.75, 3.05) is 26.2 Å². The summed E-state index contributed by atoms with van der Waals surface area (Å²) < 4.78 is 31.8. The van der Waals surface area contributed by atoms with Crippen molar-refractivity contribution in [3.05, 3.63) is 59.7 Å². The summed E-state index contributed by atoms with van der Waals surface area (Å²) in [6, 6.07) is 12.8. The van der Waals surface area contributed by atoms with E-state index in [1.54, 1.807) is 26.0 Å². The Morgan fingerprint density at radius 3 is 2.31 bits per heavy atom. The summed E-state index contributed by atoms with van der Waals surface area (Å²) in [6.45, 7) is 6.32. The van der Waals surface area contributed by atoms with Gasteiger partial charge in [0, 0.05) is 24.2 Å². The molecule has 0 atom stereocenters. The lowest BCUT2D eigenvalue weighted by atomic mass is 10.2. The predicted molar refractivity (Wildman–Crippen MR) is 122 cm³/mol. The summed E-state index contributed by atoms with van der Waals surface area (Å²) >= 11 is 0. The number of nitrogens with zero attached hydrogens (tertiary/aromatic N) is 2. The van der Waals surface area contributed by atoms with Gasteiger partial charge in [-0.25, -0.2) is 13.8 Å². The highest BCUT2D eigenvalue weighted by Crippen LogP contribution is 2.16. The molecule has 2 amide bonds. The van der Waals surface area contributed by atoms with E-state index in [0.29, 0.717) is 31.0 Å². The highest BCUT2D eigenvalue weighted by atomic mass is 32.2. The zero-order chi connectivity index (χ0) is 23.6. The third kappa shape index (κ3) is 6.63. The summed E-state index contributed by atoms with van der Waals surface area (Å²) in [5, 5.41) is 6.35. The van der Waals surface area contributed by atoms with Crippen molar-refractivity contribution in [3.8, 4) is 5.75 Å². The molecule has 2 aromatic rings. The van der Waals surface area contributed by atoms with E-state index in [1.807, 2.05) is 19.1 Å². The van der Waals surface area contributed by atoms with Gasteiger partial charge in [-0.2, -0.15) is 9.41 Å². The fourth-order valence-corrected chi connectivity index (χ4v) is 4.30. The second-order valence-electron chi connectivity index (χ2n) is 6.56. The number of hydrogen-bond acceptors (Lipinski definition) is 6. The molecule has 0 aliphatic heterocycles. The number of ether oxygens (including phenoxy) is 1. The number of carbonyl (C=O) groups excluding carboxylic acids is 2. The molecule has 0 spiro atoms. The molecule has 32 heavy (non-hydrogen) atoms. The van der Waals surface area contributed by atoms with Crippen molar-refractivity contribution in [3.63, 3.8) is 0 Å². The van der Waals surface area contributed by atoms with Gasteiger partial charge in [-0.05, 0) is 43.3 Å². The lowest BCUT2D eigenvalue weighted by molar-refractivity contribution is -0.120. The second kappa shape index (κ2) is 12.0. The van der Waals surface area contributed by atoms with E-state index in [0.717, 1.165) is 0 Å². The Morgan fingerprint density at radius 1 is 1.03 bits per heavy atom. The monoisotopic (exact) mass is 460 g/mol. The Balaban J connectivity index is 1.90. The normalized spacial score (nSPS) is 11.5. The molecule has 9 nitrogen and oxygen atoms in total. The number of benzene rings is 2. The molecular formula is C22H28N4O5S. The minimum Gasteiger partial charge on any atom is -0.493 e. The highest BCUT2D eigenvalue weighted by molar-refractivity contribution is 7.89. The maximum atomic E-state index is 12.5. The molecule has 0 radical (unpaired) electrons. The van der Waals surface area contributed by atoms with Crippen molar-refractivity contribution >= 4 is 28.1 Å². The van der Waals surface area contributed by atoms with Crippen LogP contribution in [0.1, 0.15) is 36.7 Å². The number of nitrogens with one attached hydrogen (secondary N) is 2. The molecule has 0 saturated carbocycles. The average molecular weight is 461 g/mol. The first-order valence-corrected chi connectivity index (χ1v) is 11.7. The van der Waals surface area contributed by atoms with Crippen molar-refractivity contribution in [1.82, 2.24) is 15.0 Å². The first-order chi connectivity index (χ1) is 15.3. The van der Waals surface area contributed by atoms with Crippen LogP contribution in [0.3, 0.4) is 0 Å². The summed E-state index contributed by atoms with van der Waals surface area (Å²) in [7, 11) is -3.60. The fourth-order valence-electron chi connectivity index (χ4n) is 2.84. The molecular weight excluding hydrogens is 432 g/mol. The van der Waals surface area contributed by atoms with E-state index in [-0.39, 0.29) is 17.0 Å². The van der Waals surface area contributed by atoms with Crippen LogP contribution in [0.2, 0.25) is 0 Å². The summed E-state index contributed by atoms with van der Waals surface area (Å²) in [5.74, 6) is -0.366. The minimum atomic E-state index is -3.60. The largest absolute Gasteiger partial charge is 0.493 e. The van der Waals surface area contributed by atoms with Gasteiger partial charge in [-0.3, -0.25) is 9.59 Å². The molecule has 2 N–H and O–H groups in total. The lowest BCUT2D eigenvalue weighted by Gasteiger charge is -2.18. The van der Waals surface area contributed by atoms with Gasteiger partial charge < -0.3 is 10.1 Å². The van der Waals surface area contributed by atoms with Crippen LogP contribution in [0.25, 0.3) is 0 Å². The summed E-state index contributed by atoms with van der Waals surface area (Å²) in [4.78, 5) is 24.3. The zero-order valence-electron chi connectivity index (χ0n) is 18.4. The molecule has 0 aliphatic carbocycles. The van der Waals surface area contributed by atoms with Gasteiger partial charge in [-0.1, -0.05) is 26.0 Å². The first kappa shape index (κ1) is 25.0. The summed E-state index contributed by atoms with van der Waals surface area (Å²) in [5.41, 5.74) is 3.29. The van der Waals surface area contributed by atoms with Gasteiger partial charge >= 0.3 is 0 Å². The smallest absolute Gasteiger partial charge is 0.259 e. The van der Waals surface area contributed by atoms with Crippen molar-refractivity contribution in [1.29, 1.82) is 0 Å². The molecule has 0 unspecified atom stereocenters. The van der Waals surface area contributed by atoms with E-state index >= 15 is 0 Å². The molecule has 0 aromatic heterocycles. The van der Waals surface area contributed by atoms with Crippen LogP contribution in [-0.2, 0) is 14.8 Å². The van der Waals surface area contributed by atoms with Gasteiger partial charge in [0.05, 0.1) is 24.3 Å². The SMILES string of the molecule is CCOc1ccccc1/C=N/NC(=O)CNC(=O)c1ccc(S(=O)(=O)N(CC)CC)cc1.